The number of amides is 2. The molecular formula is C19H25N3O5. The van der Waals surface area contributed by atoms with Crippen molar-refractivity contribution in [2.75, 3.05) is 33.2 Å². The van der Waals surface area contributed by atoms with E-state index < -0.39 is 0 Å². The van der Waals surface area contributed by atoms with Gasteiger partial charge in [-0.3, -0.25) is 0 Å². The van der Waals surface area contributed by atoms with Crippen LogP contribution < -0.4 is 19.5 Å². The number of anilines is 1. The van der Waals surface area contributed by atoms with Gasteiger partial charge < -0.3 is 29.0 Å². The monoisotopic (exact) mass is 375 g/mol. The van der Waals surface area contributed by atoms with Crippen molar-refractivity contribution in [3.8, 4) is 17.2 Å². The Morgan fingerprint density at radius 1 is 1.22 bits per heavy atom. The fourth-order valence-electron chi connectivity index (χ4n) is 3.31. The van der Waals surface area contributed by atoms with Gasteiger partial charge in [0.2, 0.25) is 5.75 Å². The number of nitrogens with one attached hydrogen (secondary N) is 1. The van der Waals surface area contributed by atoms with Crippen LogP contribution in [-0.2, 0) is 6.42 Å². The molecule has 146 valence electrons. The maximum Gasteiger partial charge on any atom is 0.322 e. The number of ether oxygens (including phenoxy) is 3. The number of carbonyl (C=O) groups is 1. The van der Waals surface area contributed by atoms with Crippen molar-refractivity contribution in [1.29, 1.82) is 0 Å². The van der Waals surface area contributed by atoms with Crippen molar-refractivity contribution >= 4 is 11.7 Å². The van der Waals surface area contributed by atoms with Crippen LogP contribution in [0.1, 0.15) is 37.3 Å². The lowest BCUT2D eigenvalue weighted by Gasteiger charge is -2.23. The Balaban J connectivity index is 1.80. The van der Waals surface area contributed by atoms with Crippen molar-refractivity contribution in [3.63, 3.8) is 0 Å². The number of methoxy groups -OCH3 is 3. The topological polar surface area (TPSA) is 86.1 Å². The van der Waals surface area contributed by atoms with Crippen molar-refractivity contribution in [1.82, 2.24) is 10.1 Å². The average molecular weight is 375 g/mol. The number of nitrogens with zero attached hydrogens (tertiary/aromatic N) is 2. The molecule has 1 aliphatic rings. The van der Waals surface area contributed by atoms with Gasteiger partial charge in [-0.2, -0.15) is 0 Å². The van der Waals surface area contributed by atoms with Crippen molar-refractivity contribution in [2.45, 2.75) is 32.2 Å². The molecule has 1 unspecified atom stereocenters. The van der Waals surface area contributed by atoms with E-state index in [1.54, 1.807) is 17.0 Å². The number of hydrogen-bond donors (Lipinski definition) is 1. The van der Waals surface area contributed by atoms with E-state index in [1.807, 2.05) is 13.0 Å². The molecule has 2 aromatic rings. The number of rotatable bonds is 6. The van der Waals surface area contributed by atoms with Gasteiger partial charge in [0.15, 0.2) is 17.3 Å². The lowest BCUT2D eigenvalue weighted by molar-refractivity contribution is 0.195. The maximum atomic E-state index is 12.9. The molecule has 0 spiro atoms. The first-order valence-electron chi connectivity index (χ1n) is 8.94. The van der Waals surface area contributed by atoms with E-state index >= 15 is 0 Å². The van der Waals surface area contributed by atoms with Crippen LogP contribution in [0.4, 0.5) is 10.5 Å². The average Bonchev–Trinajstić information content (AvgIpc) is 3.35. The highest BCUT2D eigenvalue weighted by Gasteiger charge is 2.33. The van der Waals surface area contributed by atoms with E-state index in [2.05, 4.69) is 10.5 Å². The first-order valence-corrected chi connectivity index (χ1v) is 8.94. The van der Waals surface area contributed by atoms with Gasteiger partial charge in [0.05, 0.1) is 38.8 Å². The summed E-state index contributed by atoms with van der Waals surface area (Å²) in [6, 6.07) is 5.01. The van der Waals surface area contributed by atoms with E-state index in [-0.39, 0.29) is 12.1 Å². The van der Waals surface area contributed by atoms with Gasteiger partial charge in [-0.1, -0.05) is 12.1 Å². The van der Waals surface area contributed by atoms with Crippen LogP contribution in [0.2, 0.25) is 0 Å². The Kier molecular flexibility index (Phi) is 5.73. The third-order valence-electron chi connectivity index (χ3n) is 4.70. The molecule has 1 aromatic heterocycles. The highest BCUT2D eigenvalue weighted by atomic mass is 16.5. The van der Waals surface area contributed by atoms with Crippen molar-refractivity contribution < 1.29 is 23.5 Å². The molecule has 2 heterocycles. The number of carbonyl (C=O) groups excluding carboxylic acids is 1. The predicted octanol–water partition coefficient (Wildman–Crippen LogP) is 3.63. The Bertz CT molecular complexity index is 779. The van der Waals surface area contributed by atoms with E-state index in [0.29, 0.717) is 29.5 Å². The second-order valence-electron chi connectivity index (χ2n) is 6.27. The second kappa shape index (κ2) is 8.20. The largest absolute Gasteiger partial charge is 0.493 e. The first-order chi connectivity index (χ1) is 13.1. The minimum Gasteiger partial charge on any atom is -0.493 e. The summed E-state index contributed by atoms with van der Waals surface area (Å²) in [6.07, 6.45) is 2.56. The summed E-state index contributed by atoms with van der Waals surface area (Å²) < 4.78 is 21.4. The zero-order valence-electron chi connectivity index (χ0n) is 16.1. The van der Waals surface area contributed by atoms with Crippen LogP contribution in [0.3, 0.4) is 0 Å². The summed E-state index contributed by atoms with van der Waals surface area (Å²) in [5.74, 6) is 2.16. The Morgan fingerprint density at radius 2 is 1.93 bits per heavy atom. The second-order valence-corrected chi connectivity index (χ2v) is 6.27. The van der Waals surface area contributed by atoms with E-state index in [9.17, 15) is 4.79 Å². The normalized spacial score (nSPS) is 16.3. The standard InChI is InChI=1S/C19H25N3O5/c1-5-12-9-15(27-21-12)14-7-6-8-22(14)19(23)20-13-10-16(24-2)18(26-4)17(11-13)25-3/h9-11,14H,5-8H2,1-4H3,(H,20,23). The molecule has 2 amide bonds. The Morgan fingerprint density at radius 3 is 2.48 bits per heavy atom. The van der Waals surface area contributed by atoms with Crippen LogP contribution in [0.5, 0.6) is 17.2 Å². The molecule has 1 aromatic carbocycles. The highest BCUT2D eigenvalue weighted by Crippen LogP contribution is 2.40. The van der Waals surface area contributed by atoms with Gasteiger partial charge in [0.25, 0.3) is 0 Å². The summed E-state index contributed by atoms with van der Waals surface area (Å²) in [7, 11) is 4.61. The lowest BCUT2D eigenvalue weighted by atomic mass is 10.1. The highest BCUT2D eigenvalue weighted by molar-refractivity contribution is 5.90. The van der Waals surface area contributed by atoms with Crippen molar-refractivity contribution in [3.05, 3.63) is 29.7 Å². The third-order valence-corrected chi connectivity index (χ3v) is 4.70. The number of likely N-dealkylation sites (tertiary alicyclic amines) is 1. The number of hydrogen-bond acceptors (Lipinski definition) is 6. The van der Waals surface area contributed by atoms with Crippen LogP contribution in [0.25, 0.3) is 0 Å². The first kappa shape index (κ1) is 18.9. The van der Waals surface area contributed by atoms with Gasteiger partial charge in [-0.25, -0.2) is 4.79 Å². The summed E-state index contributed by atoms with van der Waals surface area (Å²) in [5.41, 5.74) is 1.45. The molecule has 1 N–H and O–H groups in total. The molecule has 0 saturated carbocycles. The lowest BCUT2D eigenvalue weighted by Crippen LogP contribution is -2.34. The summed E-state index contributed by atoms with van der Waals surface area (Å²) in [4.78, 5) is 14.6. The molecule has 27 heavy (non-hydrogen) atoms. The molecule has 8 nitrogen and oxygen atoms in total. The van der Waals surface area contributed by atoms with Crippen LogP contribution in [0.15, 0.2) is 22.7 Å². The molecule has 1 fully saturated rings. The van der Waals surface area contributed by atoms with Crippen molar-refractivity contribution in [2.24, 2.45) is 0 Å². The van der Waals surface area contributed by atoms with E-state index in [0.717, 1.165) is 30.7 Å². The predicted molar refractivity (Wildman–Crippen MR) is 99.7 cm³/mol. The fourth-order valence-corrected chi connectivity index (χ4v) is 3.31. The van der Waals surface area contributed by atoms with Crippen LogP contribution in [-0.4, -0.2) is 44.0 Å². The number of urea groups is 1. The molecule has 1 aliphatic heterocycles. The zero-order chi connectivity index (χ0) is 19.4. The van der Waals surface area contributed by atoms with Gasteiger partial charge >= 0.3 is 6.03 Å². The smallest absolute Gasteiger partial charge is 0.322 e. The van der Waals surface area contributed by atoms with Gasteiger partial charge in [0, 0.05) is 24.7 Å². The van der Waals surface area contributed by atoms with Crippen LogP contribution >= 0.6 is 0 Å². The molecule has 3 rings (SSSR count). The Labute approximate surface area is 158 Å². The Hall–Kier alpha value is -2.90. The van der Waals surface area contributed by atoms with Crippen LogP contribution in [0, 0.1) is 0 Å². The molecule has 0 bridgehead atoms. The number of aryl methyl sites for hydroxylation is 1. The van der Waals surface area contributed by atoms with Gasteiger partial charge in [-0.05, 0) is 19.3 Å². The molecule has 0 radical (unpaired) electrons. The summed E-state index contributed by atoms with van der Waals surface area (Å²) in [6.45, 7) is 2.67. The number of benzene rings is 1. The summed E-state index contributed by atoms with van der Waals surface area (Å²) >= 11 is 0. The van der Waals surface area contributed by atoms with Gasteiger partial charge in [0.1, 0.15) is 0 Å². The third kappa shape index (κ3) is 3.79. The van der Waals surface area contributed by atoms with E-state index in [1.165, 1.54) is 21.3 Å². The SMILES string of the molecule is CCc1cc(C2CCCN2C(=O)Nc2cc(OC)c(OC)c(OC)c2)on1. The quantitative estimate of drug-likeness (QED) is 0.830. The minimum absolute atomic E-state index is 0.111. The zero-order valence-corrected chi connectivity index (χ0v) is 16.1. The fraction of sp³-hybridized carbons (Fsp3) is 0.474. The minimum atomic E-state index is -0.207. The molecule has 8 heteroatoms. The molecular weight excluding hydrogens is 350 g/mol. The molecule has 1 saturated heterocycles. The maximum absolute atomic E-state index is 12.9. The summed E-state index contributed by atoms with van der Waals surface area (Å²) in [5, 5.41) is 6.96. The number of aromatic nitrogens is 1. The molecule has 0 aliphatic carbocycles. The van der Waals surface area contributed by atoms with Gasteiger partial charge in [-0.15, -0.1) is 0 Å². The van der Waals surface area contributed by atoms with E-state index in [4.69, 9.17) is 18.7 Å². The molecule has 1 atom stereocenters.